The van der Waals surface area contributed by atoms with Crippen LogP contribution >= 0.6 is 0 Å². The molecule has 0 aliphatic heterocycles. The van der Waals surface area contributed by atoms with Crippen LogP contribution in [-0.2, 0) is 49.8 Å². The topological polar surface area (TPSA) is 281 Å². The second-order valence-electron chi connectivity index (χ2n) is 4.83. The number of carbonyl (C=O) groups excluding carboxylic acids is 6. The van der Waals surface area contributed by atoms with E-state index < -0.39 is 72.7 Å². The number of carboxylic acid groups (broad SMARTS) is 6. The molecule has 15 heteroatoms. The van der Waals surface area contributed by atoms with Gasteiger partial charge in [0.25, 0.3) is 0 Å². The number of hydrogen-bond acceptors (Lipinski definition) is 14. The summed E-state index contributed by atoms with van der Waals surface area (Å²) < 4.78 is 0. The monoisotopic (exact) mass is 476 g/mol. The van der Waals surface area contributed by atoms with Gasteiger partial charge in [-0.05, 0) is 0 Å². The average Bonchev–Trinajstić information content (AvgIpc) is 2.34. The third-order valence-corrected chi connectivity index (χ3v) is 2.51. The molecule has 148 valence electrons. The molecule has 0 saturated heterocycles. The van der Waals surface area contributed by atoms with Crippen LogP contribution in [0.5, 0.6) is 0 Å². The third kappa shape index (κ3) is 12.4. The van der Waals surface area contributed by atoms with E-state index in [9.17, 15) is 59.4 Å². The molecule has 0 atom stereocenters. The van der Waals surface area contributed by atoms with Crippen molar-refractivity contribution >= 4 is 35.8 Å². The van der Waals surface area contributed by atoms with E-state index in [4.69, 9.17) is 10.2 Å². The van der Waals surface area contributed by atoms with Crippen molar-refractivity contribution in [3.8, 4) is 0 Å². The van der Waals surface area contributed by atoms with Crippen LogP contribution < -0.4 is 30.6 Å². The quantitative estimate of drug-likeness (QED) is 0.278. The largest absolute Gasteiger partial charge is 6.00 e. The molecule has 0 fully saturated rings. The van der Waals surface area contributed by atoms with Gasteiger partial charge in [0.05, 0.1) is 11.9 Å². The van der Waals surface area contributed by atoms with Crippen LogP contribution in [0, 0.1) is 0 Å². The van der Waals surface area contributed by atoms with E-state index >= 15 is 0 Å². The normalized spacial score (nSPS) is 10.4. The summed E-state index contributed by atoms with van der Waals surface area (Å²) in [7, 11) is 0. The molecular formula is C12H10MoO14. The maximum Gasteiger partial charge on any atom is 6.00 e. The SMILES string of the molecule is O=C([O-])CC(O)(CC(=O)[O-])C(=O)[O-].O=C([O-])CC(O)(CC(=O)[O-])C(=O)[O-].[Mo+6]. The Bertz CT molecular complexity index is 513. The Morgan fingerprint density at radius 1 is 0.519 bits per heavy atom. The molecule has 0 radical (unpaired) electrons. The van der Waals surface area contributed by atoms with E-state index in [1.165, 1.54) is 0 Å². The molecule has 0 heterocycles. The molecule has 0 spiro atoms. The first-order valence-electron chi connectivity index (χ1n) is 6.23. The number of carboxylic acids is 6. The Hall–Kier alpha value is -2.57. The number of carbonyl (C=O) groups is 6. The Morgan fingerprint density at radius 3 is 0.741 bits per heavy atom. The zero-order valence-corrected chi connectivity index (χ0v) is 15.0. The van der Waals surface area contributed by atoms with Gasteiger partial charge < -0.3 is 69.6 Å². The second-order valence-corrected chi connectivity index (χ2v) is 4.83. The fourth-order valence-corrected chi connectivity index (χ4v) is 1.37. The Labute approximate surface area is 163 Å². The summed E-state index contributed by atoms with van der Waals surface area (Å²) in [4.78, 5) is 60.0. The molecule has 0 aliphatic carbocycles. The van der Waals surface area contributed by atoms with Crippen molar-refractivity contribution in [3.05, 3.63) is 0 Å². The van der Waals surface area contributed by atoms with Gasteiger partial charge in [-0.15, -0.1) is 0 Å². The zero-order valence-electron chi connectivity index (χ0n) is 13.0. The van der Waals surface area contributed by atoms with Crippen molar-refractivity contribution in [2.24, 2.45) is 0 Å². The predicted molar refractivity (Wildman–Crippen MR) is 58.4 cm³/mol. The first kappa shape index (κ1) is 29.2. The number of aliphatic carboxylic acids is 6. The summed E-state index contributed by atoms with van der Waals surface area (Å²) in [5.41, 5.74) is -5.95. The molecule has 0 rings (SSSR count). The van der Waals surface area contributed by atoms with E-state index in [2.05, 4.69) is 0 Å². The molecular weight excluding hydrogens is 464 g/mol. The Morgan fingerprint density at radius 2 is 0.667 bits per heavy atom. The number of rotatable bonds is 10. The van der Waals surface area contributed by atoms with Crippen LogP contribution in [-0.4, -0.2) is 57.2 Å². The molecule has 27 heavy (non-hydrogen) atoms. The van der Waals surface area contributed by atoms with Crippen LogP contribution in [0.25, 0.3) is 0 Å². The van der Waals surface area contributed by atoms with Gasteiger partial charge in [0.15, 0.2) is 0 Å². The van der Waals surface area contributed by atoms with E-state index in [0.29, 0.717) is 0 Å². The summed E-state index contributed by atoms with van der Waals surface area (Å²) in [5.74, 6) is -12.0. The molecule has 0 bridgehead atoms. The van der Waals surface area contributed by atoms with Crippen molar-refractivity contribution < 1.29 is 90.7 Å². The van der Waals surface area contributed by atoms with Crippen LogP contribution in [0.1, 0.15) is 25.7 Å². The smallest absolute Gasteiger partial charge is 0.550 e. The van der Waals surface area contributed by atoms with Crippen molar-refractivity contribution in [3.63, 3.8) is 0 Å². The molecule has 0 amide bonds. The van der Waals surface area contributed by atoms with Gasteiger partial charge in [0.2, 0.25) is 0 Å². The number of hydrogen-bond donors (Lipinski definition) is 2. The van der Waals surface area contributed by atoms with E-state index in [1.807, 2.05) is 0 Å². The van der Waals surface area contributed by atoms with Gasteiger partial charge in [-0.25, -0.2) is 0 Å². The van der Waals surface area contributed by atoms with Gasteiger partial charge in [0.1, 0.15) is 11.2 Å². The maximum atomic E-state index is 10.1. The molecule has 14 nitrogen and oxygen atoms in total. The second kappa shape index (κ2) is 11.9. The van der Waals surface area contributed by atoms with Gasteiger partial charge in [-0.3, -0.25) is 0 Å². The van der Waals surface area contributed by atoms with Crippen LogP contribution in [0.2, 0.25) is 0 Å². The van der Waals surface area contributed by atoms with Gasteiger partial charge in [-0.2, -0.15) is 0 Å². The maximum absolute atomic E-state index is 10.1. The summed E-state index contributed by atoms with van der Waals surface area (Å²) in [5, 5.41) is 77.9. The molecule has 0 aromatic carbocycles. The first-order valence-corrected chi connectivity index (χ1v) is 6.23. The third-order valence-electron chi connectivity index (χ3n) is 2.51. The van der Waals surface area contributed by atoms with Gasteiger partial charge in [-0.1, -0.05) is 0 Å². The van der Waals surface area contributed by atoms with E-state index in [-0.39, 0.29) is 21.1 Å². The van der Waals surface area contributed by atoms with Crippen molar-refractivity contribution in [2.75, 3.05) is 0 Å². The molecule has 0 saturated carbocycles. The van der Waals surface area contributed by atoms with Crippen LogP contribution in [0.3, 0.4) is 0 Å². The Balaban J connectivity index is -0.000000411. The zero-order chi connectivity index (χ0) is 21.3. The fourth-order valence-electron chi connectivity index (χ4n) is 1.37. The molecule has 0 aromatic heterocycles. The standard InChI is InChI=1S/2C6H8O7.Mo/c2*7-3(8)1-6(13,5(11)12)2-4(9)10;/h2*13H,1-2H2,(H,7,8)(H,9,10)(H,11,12);/q;;+6/p-6. The van der Waals surface area contributed by atoms with Gasteiger partial charge in [0, 0.05) is 49.6 Å². The molecule has 0 unspecified atom stereocenters. The van der Waals surface area contributed by atoms with Crippen molar-refractivity contribution in [1.82, 2.24) is 0 Å². The molecule has 2 N–H and O–H groups in total. The predicted octanol–water partition coefficient (Wildman–Crippen LogP) is -10.5. The van der Waals surface area contributed by atoms with Crippen LogP contribution in [0.15, 0.2) is 0 Å². The number of aliphatic hydroxyl groups is 2. The average molecular weight is 474 g/mol. The molecule has 0 aliphatic rings. The van der Waals surface area contributed by atoms with Crippen LogP contribution in [0.4, 0.5) is 0 Å². The summed E-state index contributed by atoms with van der Waals surface area (Å²) >= 11 is 0. The van der Waals surface area contributed by atoms with Gasteiger partial charge >= 0.3 is 21.1 Å². The molecule has 0 aromatic rings. The first-order chi connectivity index (χ1) is 11.6. The van der Waals surface area contributed by atoms with Crippen molar-refractivity contribution in [1.29, 1.82) is 0 Å². The minimum Gasteiger partial charge on any atom is -0.550 e. The van der Waals surface area contributed by atoms with E-state index in [0.717, 1.165) is 0 Å². The minimum atomic E-state index is -2.97. The Kier molecular flexibility index (Phi) is 12.9. The summed E-state index contributed by atoms with van der Waals surface area (Å²) in [6.07, 6.45) is -5.43. The summed E-state index contributed by atoms with van der Waals surface area (Å²) in [6.45, 7) is 0. The summed E-state index contributed by atoms with van der Waals surface area (Å²) in [6, 6.07) is 0. The van der Waals surface area contributed by atoms with Crippen molar-refractivity contribution in [2.45, 2.75) is 36.9 Å². The minimum absolute atomic E-state index is 0. The van der Waals surface area contributed by atoms with E-state index in [1.54, 1.807) is 0 Å². The fraction of sp³-hybridized carbons (Fsp3) is 0.500.